The number of carbonyl (C=O) groups is 2. The van der Waals surface area contributed by atoms with Gasteiger partial charge in [0.15, 0.2) is 23.1 Å². The number of unbranched alkanes of at least 4 members (excludes halogenated alkanes) is 6. The molecular formula is C30H40N2O4. The Bertz CT molecular complexity index is 1100. The molecule has 194 valence electrons. The number of benzene rings is 3. The van der Waals surface area contributed by atoms with Gasteiger partial charge in [0, 0.05) is 21.9 Å². The monoisotopic (exact) mass is 492 g/mol. The lowest BCUT2D eigenvalue weighted by Gasteiger charge is -2.19. The molecule has 0 saturated carbocycles. The summed E-state index contributed by atoms with van der Waals surface area (Å²) in [5.41, 5.74) is 12.3. The first-order chi connectivity index (χ1) is 17.5. The highest BCUT2D eigenvalue weighted by molar-refractivity contribution is 6.17. The average molecular weight is 493 g/mol. The molecule has 6 heteroatoms. The zero-order valence-corrected chi connectivity index (χ0v) is 21.7. The van der Waals surface area contributed by atoms with E-state index in [-0.39, 0.29) is 24.7 Å². The highest BCUT2D eigenvalue weighted by atomic mass is 16.5. The first kappa shape index (κ1) is 27.6. The van der Waals surface area contributed by atoms with Gasteiger partial charge in [-0.25, -0.2) is 0 Å². The average Bonchev–Trinajstić information content (AvgIpc) is 2.92. The Balaban J connectivity index is 2.17. The second-order valence-electron chi connectivity index (χ2n) is 9.25. The van der Waals surface area contributed by atoms with Gasteiger partial charge in [-0.3, -0.25) is 9.59 Å². The van der Waals surface area contributed by atoms with Gasteiger partial charge in [-0.15, -0.1) is 0 Å². The number of ether oxygens (including phenoxy) is 2. The van der Waals surface area contributed by atoms with E-state index in [1.165, 1.54) is 12.8 Å². The van der Waals surface area contributed by atoms with E-state index in [2.05, 4.69) is 13.8 Å². The van der Waals surface area contributed by atoms with Crippen LogP contribution in [0.1, 0.15) is 85.9 Å². The summed E-state index contributed by atoms with van der Waals surface area (Å²) in [6.45, 7) is 5.40. The second-order valence-corrected chi connectivity index (χ2v) is 9.25. The fraction of sp³-hybridized carbons (Fsp3) is 0.467. The van der Waals surface area contributed by atoms with Crippen LogP contribution in [0.15, 0.2) is 36.4 Å². The normalized spacial score (nSPS) is 11.2. The Morgan fingerprint density at radius 3 is 1.39 bits per heavy atom. The first-order valence-electron chi connectivity index (χ1n) is 13.3. The van der Waals surface area contributed by atoms with Gasteiger partial charge in [0.1, 0.15) is 0 Å². The van der Waals surface area contributed by atoms with Crippen molar-refractivity contribution >= 4 is 33.1 Å². The molecule has 0 amide bonds. The Kier molecular flexibility index (Phi) is 10.7. The summed E-state index contributed by atoms with van der Waals surface area (Å²) in [7, 11) is 0. The highest BCUT2D eigenvalue weighted by Gasteiger charge is 2.20. The summed E-state index contributed by atoms with van der Waals surface area (Å²) < 4.78 is 12.8. The van der Waals surface area contributed by atoms with E-state index >= 15 is 0 Å². The number of ketones is 2. The van der Waals surface area contributed by atoms with Crippen molar-refractivity contribution in [1.82, 2.24) is 0 Å². The molecule has 0 aromatic heterocycles. The van der Waals surface area contributed by atoms with Crippen molar-refractivity contribution in [3.63, 3.8) is 0 Å². The molecular weight excluding hydrogens is 452 g/mol. The van der Waals surface area contributed by atoms with Gasteiger partial charge in [0.25, 0.3) is 0 Å². The van der Waals surface area contributed by atoms with E-state index in [9.17, 15) is 9.59 Å². The number of Topliss-reactive ketones (excluding diaryl/α,β-unsaturated/α-hetero) is 2. The Labute approximate surface area is 214 Å². The summed E-state index contributed by atoms with van der Waals surface area (Å²) in [5, 5.41) is 3.37. The van der Waals surface area contributed by atoms with Crippen LogP contribution < -0.4 is 20.9 Å². The molecule has 4 N–H and O–H groups in total. The highest BCUT2D eigenvalue weighted by Crippen LogP contribution is 2.44. The maximum absolute atomic E-state index is 12.4. The molecule has 0 bridgehead atoms. The Morgan fingerprint density at radius 2 is 1.03 bits per heavy atom. The van der Waals surface area contributed by atoms with Gasteiger partial charge in [0.2, 0.25) is 0 Å². The molecule has 0 aliphatic heterocycles. The lowest BCUT2D eigenvalue weighted by atomic mass is 9.94. The van der Waals surface area contributed by atoms with Gasteiger partial charge in [-0.2, -0.15) is 0 Å². The van der Waals surface area contributed by atoms with Crippen LogP contribution in [0.5, 0.6) is 11.5 Å². The second kappa shape index (κ2) is 14.0. The SMILES string of the molecule is CCCCCCOc1c(OCCCCCC)c2ccc(C(=O)CN)cc2c2cc(C(=O)CN)ccc12. The largest absolute Gasteiger partial charge is 0.489 e. The van der Waals surface area contributed by atoms with E-state index in [4.69, 9.17) is 20.9 Å². The predicted octanol–water partition coefficient (Wildman–Crippen LogP) is 6.19. The zero-order valence-electron chi connectivity index (χ0n) is 21.7. The third-order valence-electron chi connectivity index (χ3n) is 6.53. The number of fused-ring (bicyclic) bond motifs is 3. The van der Waals surface area contributed by atoms with Crippen LogP contribution in [0.25, 0.3) is 21.5 Å². The maximum atomic E-state index is 12.4. The molecule has 0 fully saturated rings. The van der Waals surface area contributed by atoms with Crippen molar-refractivity contribution in [2.45, 2.75) is 65.2 Å². The van der Waals surface area contributed by atoms with E-state index in [0.29, 0.717) is 35.8 Å². The molecule has 0 atom stereocenters. The quantitative estimate of drug-likeness (QED) is 0.140. The minimum absolute atomic E-state index is 0.0694. The number of rotatable bonds is 16. The molecule has 0 aliphatic rings. The molecule has 6 nitrogen and oxygen atoms in total. The van der Waals surface area contributed by atoms with Gasteiger partial charge >= 0.3 is 0 Å². The molecule has 0 spiro atoms. The summed E-state index contributed by atoms with van der Waals surface area (Å²) in [5.74, 6) is 1.10. The van der Waals surface area contributed by atoms with Crippen LogP contribution in [-0.2, 0) is 0 Å². The molecule has 36 heavy (non-hydrogen) atoms. The van der Waals surface area contributed by atoms with Crippen LogP contribution in [0.2, 0.25) is 0 Å². The summed E-state index contributed by atoms with van der Waals surface area (Å²) in [4.78, 5) is 24.8. The van der Waals surface area contributed by atoms with Crippen molar-refractivity contribution in [1.29, 1.82) is 0 Å². The molecule has 0 heterocycles. The van der Waals surface area contributed by atoms with Crippen molar-refractivity contribution < 1.29 is 19.1 Å². The molecule has 0 unspecified atom stereocenters. The first-order valence-corrected chi connectivity index (χ1v) is 13.3. The lowest BCUT2D eigenvalue weighted by molar-refractivity contribution is 0.0993. The van der Waals surface area contributed by atoms with Gasteiger partial charge in [-0.05, 0) is 47.9 Å². The number of carbonyl (C=O) groups excluding carboxylic acids is 2. The summed E-state index contributed by atoms with van der Waals surface area (Å²) >= 11 is 0. The van der Waals surface area contributed by atoms with E-state index in [1.54, 1.807) is 12.1 Å². The van der Waals surface area contributed by atoms with E-state index < -0.39 is 0 Å². The van der Waals surface area contributed by atoms with Crippen molar-refractivity contribution in [3.8, 4) is 11.5 Å². The molecule has 3 rings (SSSR count). The molecule has 3 aromatic rings. The molecule has 3 aromatic carbocycles. The smallest absolute Gasteiger partial charge is 0.176 e. The summed E-state index contributed by atoms with van der Waals surface area (Å²) in [6, 6.07) is 11.1. The zero-order chi connectivity index (χ0) is 25.9. The minimum atomic E-state index is -0.141. The van der Waals surface area contributed by atoms with Crippen molar-refractivity contribution in [2.24, 2.45) is 11.5 Å². The van der Waals surface area contributed by atoms with Crippen LogP contribution in [0, 0.1) is 0 Å². The van der Waals surface area contributed by atoms with Gasteiger partial charge < -0.3 is 20.9 Å². The fourth-order valence-corrected chi connectivity index (χ4v) is 4.45. The van der Waals surface area contributed by atoms with E-state index in [0.717, 1.165) is 60.1 Å². The van der Waals surface area contributed by atoms with Crippen molar-refractivity contribution in [3.05, 3.63) is 47.5 Å². The topological polar surface area (TPSA) is 105 Å². The van der Waals surface area contributed by atoms with Crippen LogP contribution in [0.4, 0.5) is 0 Å². The Morgan fingerprint density at radius 1 is 0.611 bits per heavy atom. The molecule has 0 radical (unpaired) electrons. The van der Waals surface area contributed by atoms with Crippen LogP contribution >= 0.6 is 0 Å². The fourth-order valence-electron chi connectivity index (χ4n) is 4.45. The molecule has 0 saturated heterocycles. The number of hydrogen-bond acceptors (Lipinski definition) is 6. The van der Waals surface area contributed by atoms with Gasteiger partial charge in [0.05, 0.1) is 26.3 Å². The molecule has 0 aliphatic carbocycles. The third-order valence-corrected chi connectivity index (χ3v) is 6.53. The Hall–Kier alpha value is -2.96. The van der Waals surface area contributed by atoms with Crippen LogP contribution in [0.3, 0.4) is 0 Å². The predicted molar refractivity (Wildman–Crippen MR) is 147 cm³/mol. The van der Waals surface area contributed by atoms with E-state index in [1.807, 2.05) is 24.3 Å². The number of hydrogen-bond donors (Lipinski definition) is 2. The number of nitrogens with two attached hydrogens (primary N) is 2. The van der Waals surface area contributed by atoms with Crippen LogP contribution in [-0.4, -0.2) is 37.9 Å². The minimum Gasteiger partial charge on any atom is -0.489 e. The standard InChI is InChI=1S/C30H40N2O4/c1-3-5-7-9-15-35-29-23-13-11-21(27(33)19-31)17-25(23)26-18-22(28(34)20-32)12-14-24(26)30(29)36-16-10-8-6-4-2/h11-14,17-18H,3-10,15-16,19-20,31-32H2,1-2H3. The summed E-state index contributed by atoms with van der Waals surface area (Å²) in [6.07, 6.45) is 8.79. The van der Waals surface area contributed by atoms with Gasteiger partial charge in [-0.1, -0.05) is 64.5 Å². The third kappa shape index (κ3) is 6.62. The lowest BCUT2D eigenvalue weighted by Crippen LogP contribution is -2.14. The van der Waals surface area contributed by atoms with Crippen molar-refractivity contribution in [2.75, 3.05) is 26.3 Å². The maximum Gasteiger partial charge on any atom is 0.176 e.